The molecule has 0 spiro atoms. The quantitative estimate of drug-likeness (QED) is 0.868. The third-order valence-electron chi connectivity index (χ3n) is 4.13. The number of carbonyl (C=O) groups excluding carboxylic acids is 1. The number of urea groups is 1. The van der Waals surface area contributed by atoms with Crippen LogP contribution < -0.4 is 5.32 Å². The predicted molar refractivity (Wildman–Crippen MR) is 93.1 cm³/mol. The Hall–Kier alpha value is -2.05. The van der Waals surface area contributed by atoms with E-state index in [2.05, 4.69) is 15.2 Å². The van der Waals surface area contributed by atoms with E-state index in [1.807, 2.05) is 24.3 Å². The molecule has 7 heteroatoms. The second kappa shape index (κ2) is 8.17. The molecule has 0 radical (unpaired) electrons. The molecular weight excluding hydrogens is 328 g/mol. The van der Waals surface area contributed by atoms with Crippen molar-refractivity contribution in [3.8, 4) is 0 Å². The van der Waals surface area contributed by atoms with Crippen LogP contribution in [0.5, 0.6) is 0 Å². The molecule has 0 bridgehead atoms. The van der Waals surface area contributed by atoms with Crippen LogP contribution in [0.4, 0.5) is 10.6 Å². The van der Waals surface area contributed by atoms with Gasteiger partial charge < -0.3 is 14.2 Å². The van der Waals surface area contributed by atoms with E-state index in [1.54, 1.807) is 4.90 Å². The Bertz CT molecular complexity index is 639. The SMILES string of the molecule is O=C(Nc1cocn1)N(CCN1CCCC1)Cc1ccc(Cl)cc1. The first-order chi connectivity index (χ1) is 11.7. The van der Waals surface area contributed by atoms with Gasteiger partial charge in [0, 0.05) is 24.7 Å². The number of amides is 2. The number of nitrogens with one attached hydrogen (secondary N) is 1. The molecule has 0 aliphatic carbocycles. The smallest absolute Gasteiger partial charge is 0.323 e. The van der Waals surface area contributed by atoms with E-state index in [-0.39, 0.29) is 6.03 Å². The van der Waals surface area contributed by atoms with Gasteiger partial charge in [0.25, 0.3) is 0 Å². The monoisotopic (exact) mass is 348 g/mol. The van der Waals surface area contributed by atoms with Gasteiger partial charge in [0.05, 0.1) is 0 Å². The van der Waals surface area contributed by atoms with Crippen LogP contribution in [0, 0.1) is 0 Å². The molecular formula is C17H21ClN4O2. The van der Waals surface area contributed by atoms with Crippen molar-refractivity contribution in [1.82, 2.24) is 14.8 Å². The average molecular weight is 349 g/mol. The first-order valence-corrected chi connectivity index (χ1v) is 8.49. The first kappa shape index (κ1) is 16.8. The summed E-state index contributed by atoms with van der Waals surface area (Å²) in [5.74, 6) is 0.419. The molecule has 1 fully saturated rings. The van der Waals surface area contributed by atoms with Crippen molar-refractivity contribution in [3.05, 3.63) is 47.5 Å². The lowest BCUT2D eigenvalue weighted by Gasteiger charge is -2.25. The molecule has 1 aromatic heterocycles. The zero-order valence-corrected chi connectivity index (χ0v) is 14.2. The number of rotatable bonds is 6. The van der Waals surface area contributed by atoms with E-state index in [1.165, 1.54) is 25.5 Å². The highest BCUT2D eigenvalue weighted by Crippen LogP contribution is 2.14. The molecule has 128 valence electrons. The van der Waals surface area contributed by atoms with Crippen molar-refractivity contribution >= 4 is 23.4 Å². The minimum absolute atomic E-state index is 0.182. The van der Waals surface area contributed by atoms with Crippen molar-refractivity contribution in [1.29, 1.82) is 0 Å². The van der Waals surface area contributed by atoms with Gasteiger partial charge in [-0.1, -0.05) is 23.7 Å². The Kier molecular flexibility index (Phi) is 5.72. The molecule has 2 heterocycles. The van der Waals surface area contributed by atoms with Gasteiger partial charge in [0.15, 0.2) is 12.2 Å². The van der Waals surface area contributed by atoms with E-state index in [0.29, 0.717) is 23.9 Å². The summed E-state index contributed by atoms with van der Waals surface area (Å²) in [6.07, 6.45) is 5.19. The molecule has 1 aliphatic rings. The molecule has 2 aromatic rings. The highest BCUT2D eigenvalue weighted by atomic mass is 35.5. The molecule has 1 aliphatic heterocycles. The Balaban J connectivity index is 1.64. The molecule has 1 N–H and O–H groups in total. The van der Waals surface area contributed by atoms with Crippen LogP contribution in [-0.4, -0.2) is 47.0 Å². The number of likely N-dealkylation sites (tertiary alicyclic amines) is 1. The van der Waals surface area contributed by atoms with Gasteiger partial charge in [0.1, 0.15) is 6.26 Å². The van der Waals surface area contributed by atoms with Crippen molar-refractivity contribution in [2.24, 2.45) is 0 Å². The van der Waals surface area contributed by atoms with E-state index in [9.17, 15) is 4.79 Å². The minimum Gasteiger partial charge on any atom is -0.449 e. The second-order valence-corrected chi connectivity index (χ2v) is 6.34. The summed E-state index contributed by atoms with van der Waals surface area (Å²) in [4.78, 5) is 20.7. The molecule has 24 heavy (non-hydrogen) atoms. The van der Waals surface area contributed by atoms with Gasteiger partial charge in [-0.15, -0.1) is 0 Å². The maximum atomic E-state index is 12.6. The Morgan fingerprint density at radius 1 is 1.29 bits per heavy atom. The zero-order valence-electron chi connectivity index (χ0n) is 13.4. The lowest BCUT2D eigenvalue weighted by molar-refractivity contribution is 0.198. The fourth-order valence-electron chi connectivity index (χ4n) is 2.79. The number of hydrogen-bond acceptors (Lipinski definition) is 4. The van der Waals surface area contributed by atoms with Crippen LogP contribution in [0.25, 0.3) is 0 Å². The third kappa shape index (κ3) is 4.72. The maximum Gasteiger partial charge on any atom is 0.323 e. The van der Waals surface area contributed by atoms with Crippen molar-refractivity contribution in [2.75, 3.05) is 31.5 Å². The largest absolute Gasteiger partial charge is 0.449 e. The van der Waals surface area contributed by atoms with Gasteiger partial charge >= 0.3 is 6.03 Å². The van der Waals surface area contributed by atoms with Crippen LogP contribution in [0.3, 0.4) is 0 Å². The second-order valence-electron chi connectivity index (χ2n) is 5.90. The van der Waals surface area contributed by atoms with E-state index < -0.39 is 0 Å². The molecule has 0 saturated carbocycles. The molecule has 0 atom stereocenters. The highest BCUT2D eigenvalue weighted by Gasteiger charge is 2.18. The summed E-state index contributed by atoms with van der Waals surface area (Å²) in [5, 5.41) is 3.46. The van der Waals surface area contributed by atoms with Crippen molar-refractivity contribution in [2.45, 2.75) is 19.4 Å². The summed E-state index contributed by atoms with van der Waals surface area (Å²) in [6.45, 7) is 4.28. The molecule has 1 saturated heterocycles. The lowest BCUT2D eigenvalue weighted by Crippen LogP contribution is -2.40. The van der Waals surface area contributed by atoms with Crippen LogP contribution in [0.15, 0.2) is 41.3 Å². The van der Waals surface area contributed by atoms with E-state index in [0.717, 1.165) is 25.2 Å². The number of aromatic nitrogens is 1. The molecule has 2 amide bonds. The van der Waals surface area contributed by atoms with Crippen molar-refractivity contribution in [3.63, 3.8) is 0 Å². The van der Waals surface area contributed by atoms with E-state index >= 15 is 0 Å². The number of halogens is 1. The maximum absolute atomic E-state index is 12.6. The highest BCUT2D eigenvalue weighted by molar-refractivity contribution is 6.30. The molecule has 0 unspecified atom stereocenters. The number of anilines is 1. The summed E-state index contributed by atoms with van der Waals surface area (Å²) < 4.78 is 4.90. The van der Waals surface area contributed by atoms with Gasteiger partial charge in [-0.05, 0) is 43.6 Å². The Morgan fingerprint density at radius 3 is 2.71 bits per heavy atom. The van der Waals surface area contributed by atoms with Crippen LogP contribution in [-0.2, 0) is 6.54 Å². The number of hydrogen-bond donors (Lipinski definition) is 1. The standard InChI is InChI=1S/C17H21ClN4O2/c18-15-5-3-14(4-6-15)11-22(10-9-21-7-1-2-8-21)17(23)20-16-12-24-13-19-16/h3-6,12-13H,1-2,7-11H2,(H,20,23). The number of carbonyl (C=O) groups is 1. The minimum atomic E-state index is -0.182. The summed E-state index contributed by atoms with van der Waals surface area (Å²) in [5.41, 5.74) is 1.04. The fourth-order valence-corrected chi connectivity index (χ4v) is 2.92. The fraction of sp³-hybridized carbons (Fsp3) is 0.412. The first-order valence-electron chi connectivity index (χ1n) is 8.11. The zero-order chi connectivity index (χ0) is 16.8. The third-order valence-corrected chi connectivity index (χ3v) is 4.38. The lowest BCUT2D eigenvalue weighted by atomic mass is 10.2. The molecule has 1 aromatic carbocycles. The van der Waals surface area contributed by atoms with Crippen LogP contribution in [0.1, 0.15) is 18.4 Å². The summed E-state index contributed by atoms with van der Waals surface area (Å²) >= 11 is 5.93. The number of benzene rings is 1. The average Bonchev–Trinajstić information content (AvgIpc) is 3.26. The van der Waals surface area contributed by atoms with Crippen molar-refractivity contribution < 1.29 is 9.21 Å². The number of oxazole rings is 1. The van der Waals surface area contributed by atoms with Gasteiger partial charge in [-0.2, -0.15) is 4.98 Å². The summed E-state index contributed by atoms with van der Waals surface area (Å²) in [6, 6.07) is 7.37. The van der Waals surface area contributed by atoms with E-state index in [4.69, 9.17) is 16.0 Å². The van der Waals surface area contributed by atoms with Gasteiger partial charge in [0.2, 0.25) is 0 Å². The number of nitrogens with zero attached hydrogens (tertiary/aromatic N) is 3. The summed E-state index contributed by atoms with van der Waals surface area (Å²) in [7, 11) is 0. The molecule has 6 nitrogen and oxygen atoms in total. The van der Waals surface area contributed by atoms with Crippen LogP contribution in [0.2, 0.25) is 5.02 Å². The van der Waals surface area contributed by atoms with Gasteiger partial charge in [-0.3, -0.25) is 5.32 Å². The predicted octanol–water partition coefficient (Wildman–Crippen LogP) is 3.46. The van der Waals surface area contributed by atoms with Crippen LogP contribution >= 0.6 is 11.6 Å². The Morgan fingerprint density at radius 2 is 2.04 bits per heavy atom. The topological polar surface area (TPSA) is 61.6 Å². The molecule has 3 rings (SSSR count). The van der Waals surface area contributed by atoms with Gasteiger partial charge in [-0.25, -0.2) is 4.79 Å². The Labute approximate surface area is 146 Å². The normalized spacial score (nSPS) is 14.7.